The van der Waals surface area contributed by atoms with Crippen molar-refractivity contribution in [3.05, 3.63) is 97.1 Å². The first-order valence-corrected chi connectivity index (χ1v) is 10.1. The van der Waals surface area contributed by atoms with Crippen molar-refractivity contribution in [2.75, 3.05) is 11.5 Å². The van der Waals surface area contributed by atoms with Crippen LogP contribution in [-0.2, 0) is 0 Å². The first-order valence-electron chi connectivity index (χ1n) is 10.1. The summed E-state index contributed by atoms with van der Waals surface area (Å²) in [4.78, 5) is 0. The van der Waals surface area contributed by atoms with Crippen LogP contribution in [0.3, 0.4) is 0 Å². The van der Waals surface area contributed by atoms with Gasteiger partial charge >= 0.3 is 0 Å². The van der Waals surface area contributed by atoms with Crippen LogP contribution < -0.4 is 11.5 Å². The molecule has 0 aromatic heterocycles. The molecule has 0 aliphatic heterocycles. The van der Waals surface area contributed by atoms with Gasteiger partial charge in [-0.15, -0.1) is 0 Å². The van der Waals surface area contributed by atoms with Gasteiger partial charge in [-0.25, -0.2) is 0 Å². The molecule has 0 aliphatic rings. The fourth-order valence-electron chi connectivity index (χ4n) is 4.61. The van der Waals surface area contributed by atoms with Crippen LogP contribution in [0.2, 0.25) is 0 Å². The Balaban J connectivity index is 1.62. The van der Waals surface area contributed by atoms with Crippen molar-refractivity contribution >= 4 is 43.7 Å². The lowest BCUT2D eigenvalue weighted by Crippen LogP contribution is -1.89. The summed E-state index contributed by atoms with van der Waals surface area (Å²) in [6.07, 6.45) is 0. The largest absolute Gasteiger partial charge is 0.399 e. The van der Waals surface area contributed by atoms with Crippen molar-refractivity contribution in [2.24, 2.45) is 0 Å². The molecule has 2 nitrogen and oxygen atoms in total. The minimum Gasteiger partial charge on any atom is -0.399 e. The zero-order valence-electron chi connectivity index (χ0n) is 16.4. The fourth-order valence-corrected chi connectivity index (χ4v) is 4.61. The Bertz CT molecular complexity index is 1380. The Morgan fingerprint density at radius 2 is 0.733 bits per heavy atom. The first-order chi connectivity index (χ1) is 14.7. The predicted octanol–water partition coefficient (Wildman–Crippen LogP) is 7.08. The highest BCUT2D eigenvalue weighted by atomic mass is 14.5. The molecule has 0 bridgehead atoms. The number of nitrogens with two attached hydrogens (primary N) is 2. The lowest BCUT2D eigenvalue weighted by atomic mass is 9.89. The van der Waals surface area contributed by atoms with Gasteiger partial charge in [0.25, 0.3) is 0 Å². The average Bonchev–Trinajstić information content (AvgIpc) is 2.77. The molecule has 0 heterocycles. The van der Waals surface area contributed by atoms with Crippen LogP contribution in [0.5, 0.6) is 0 Å². The number of anilines is 2. The standard InChI is InChI=1S/C28H20N2/c29-25-5-1-3-17(15-25)23-11-19-7-9-21-13-24(18-4-2-6-26(30)16-18)14-22-10-8-20(12-23)27(19)28(21)22/h1-16H,29-30H2. The summed E-state index contributed by atoms with van der Waals surface area (Å²) in [5, 5.41) is 7.63. The van der Waals surface area contributed by atoms with Crippen LogP contribution in [0.25, 0.3) is 54.6 Å². The second-order valence-electron chi connectivity index (χ2n) is 7.98. The van der Waals surface area contributed by atoms with Crippen LogP contribution >= 0.6 is 0 Å². The van der Waals surface area contributed by atoms with Crippen molar-refractivity contribution in [3.8, 4) is 22.3 Å². The summed E-state index contributed by atoms with van der Waals surface area (Å²) >= 11 is 0. The molecule has 30 heavy (non-hydrogen) atoms. The quantitative estimate of drug-likeness (QED) is 0.247. The van der Waals surface area contributed by atoms with E-state index in [-0.39, 0.29) is 0 Å². The van der Waals surface area contributed by atoms with Crippen molar-refractivity contribution < 1.29 is 0 Å². The molecule has 0 unspecified atom stereocenters. The molecule has 0 saturated heterocycles. The summed E-state index contributed by atoms with van der Waals surface area (Å²) in [5.74, 6) is 0. The van der Waals surface area contributed by atoms with E-state index >= 15 is 0 Å². The molecule has 6 aromatic carbocycles. The first kappa shape index (κ1) is 16.9. The summed E-state index contributed by atoms with van der Waals surface area (Å²) in [6, 6.07) is 34.1. The third-order valence-corrected chi connectivity index (χ3v) is 5.97. The Kier molecular flexibility index (Phi) is 3.50. The molecule has 6 aromatic rings. The van der Waals surface area contributed by atoms with Gasteiger partial charge in [-0.2, -0.15) is 0 Å². The third-order valence-electron chi connectivity index (χ3n) is 5.97. The number of rotatable bonds is 2. The van der Waals surface area contributed by atoms with Gasteiger partial charge in [0.05, 0.1) is 0 Å². The number of hydrogen-bond donors (Lipinski definition) is 2. The fraction of sp³-hybridized carbons (Fsp3) is 0. The number of nitrogen functional groups attached to an aromatic ring is 2. The van der Waals surface area contributed by atoms with Gasteiger partial charge in [0, 0.05) is 11.4 Å². The van der Waals surface area contributed by atoms with E-state index in [4.69, 9.17) is 11.5 Å². The molecule has 2 heteroatoms. The van der Waals surface area contributed by atoms with Gasteiger partial charge in [0.15, 0.2) is 0 Å². The van der Waals surface area contributed by atoms with Crippen molar-refractivity contribution in [1.82, 2.24) is 0 Å². The Morgan fingerprint density at radius 3 is 1.07 bits per heavy atom. The van der Waals surface area contributed by atoms with Crippen molar-refractivity contribution in [3.63, 3.8) is 0 Å². The number of benzene rings is 6. The van der Waals surface area contributed by atoms with Gasteiger partial charge in [-0.3, -0.25) is 0 Å². The van der Waals surface area contributed by atoms with Crippen LogP contribution in [0, 0.1) is 0 Å². The minimum atomic E-state index is 0.784. The molecular weight excluding hydrogens is 364 g/mol. The van der Waals surface area contributed by atoms with E-state index in [0.717, 1.165) is 22.5 Å². The van der Waals surface area contributed by atoms with E-state index in [2.05, 4.69) is 60.7 Å². The van der Waals surface area contributed by atoms with Crippen LogP contribution in [-0.4, -0.2) is 0 Å². The third kappa shape index (κ3) is 2.58. The Hall–Kier alpha value is -4.04. The molecule has 0 spiro atoms. The molecule has 0 fully saturated rings. The minimum absolute atomic E-state index is 0.784. The van der Waals surface area contributed by atoms with Gasteiger partial charge in [-0.05, 0) is 103 Å². The van der Waals surface area contributed by atoms with E-state index in [0.29, 0.717) is 0 Å². The lowest BCUT2D eigenvalue weighted by Gasteiger charge is -2.15. The summed E-state index contributed by atoms with van der Waals surface area (Å²) < 4.78 is 0. The van der Waals surface area contributed by atoms with Crippen LogP contribution in [0.4, 0.5) is 11.4 Å². The van der Waals surface area contributed by atoms with E-state index in [1.165, 1.54) is 43.4 Å². The zero-order chi connectivity index (χ0) is 20.2. The molecule has 142 valence electrons. The zero-order valence-corrected chi connectivity index (χ0v) is 16.4. The maximum atomic E-state index is 6.01. The second kappa shape index (κ2) is 6.23. The Morgan fingerprint density at radius 1 is 0.367 bits per heavy atom. The van der Waals surface area contributed by atoms with Gasteiger partial charge in [-0.1, -0.05) is 48.5 Å². The predicted molar refractivity (Wildman–Crippen MR) is 130 cm³/mol. The number of hydrogen-bond acceptors (Lipinski definition) is 2. The van der Waals surface area contributed by atoms with Crippen LogP contribution in [0.1, 0.15) is 0 Å². The average molecular weight is 384 g/mol. The molecule has 4 N–H and O–H groups in total. The summed E-state index contributed by atoms with van der Waals surface area (Å²) in [7, 11) is 0. The van der Waals surface area contributed by atoms with Gasteiger partial charge in [0.1, 0.15) is 0 Å². The smallest absolute Gasteiger partial charge is 0.0320 e. The topological polar surface area (TPSA) is 52.0 Å². The van der Waals surface area contributed by atoms with Crippen molar-refractivity contribution in [2.45, 2.75) is 0 Å². The van der Waals surface area contributed by atoms with Gasteiger partial charge < -0.3 is 11.5 Å². The maximum Gasteiger partial charge on any atom is 0.0320 e. The highest BCUT2D eigenvalue weighted by Gasteiger charge is 2.12. The lowest BCUT2D eigenvalue weighted by molar-refractivity contribution is 1.64. The summed E-state index contributed by atoms with van der Waals surface area (Å²) in [5.41, 5.74) is 18.3. The van der Waals surface area contributed by atoms with E-state index in [1.807, 2.05) is 36.4 Å². The Labute approximate surface area is 174 Å². The molecule has 0 aliphatic carbocycles. The highest BCUT2D eigenvalue weighted by Crippen LogP contribution is 2.39. The van der Waals surface area contributed by atoms with Crippen molar-refractivity contribution in [1.29, 1.82) is 0 Å². The molecule has 0 radical (unpaired) electrons. The maximum absolute atomic E-state index is 6.01. The van der Waals surface area contributed by atoms with E-state index in [1.54, 1.807) is 0 Å². The van der Waals surface area contributed by atoms with E-state index in [9.17, 15) is 0 Å². The summed E-state index contributed by atoms with van der Waals surface area (Å²) in [6.45, 7) is 0. The molecule has 0 amide bonds. The SMILES string of the molecule is Nc1cccc(-c2cc3ccc4cc(-c5cccc(N)c5)cc5ccc(c2)c3c45)c1. The normalized spacial score (nSPS) is 11.6. The van der Waals surface area contributed by atoms with Crippen LogP contribution in [0.15, 0.2) is 97.1 Å². The highest BCUT2D eigenvalue weighted by molar-refractivity contribution is 6.24. The van der Waals surface area contributed by atoms with E-state index < -0.39 is 0 Å². The monoisotopic (exact) mass is 384 g/mol. The second-order valence-corrected chi connectivity index (χ2v) is 7.98. The molecule has 0 atom stereocenters. The molecule has 6 rings (SSSR count). The molecule has 0 saturated carbocycles. The molecular formula is C28H20N2. The van der Waals surface area contributed by atoms with Gasteiger partial charge in [0.2, 0.25) is 0 Å².